The summed E-state index contributed by atoms with van der Waals surface area (Å²) in [6.07, 6.45) is 0. The molecule has 0 aliphatic rings. The van der Waals surface area contributed by atoms with Gasteiger partial charge in [0.15, 0.2) is 0 Å². The molecule has 0 amide bonds. The van der Waals surface area contributed by atoms with Gasteiger partial charge in [-0.3, -0.25) is 0 Å². The topological polar surface area (TPSA) is 36.7 Å². The Morgan fingerprint density at radius 2 is 0.881 bits per heavy atom. The van der Waals surface area contributed by atoms with Crippen LogP contribution in [0.5, 0.6) is 0 Å². The van der Waals surface area contributed by atoms with Crippen LogP contribution in [0.3, 0.4) is 0 Å². The highest BCUT2D eigenvalue weighted by Gasteiger charge is 2.25. The number of benzene rings is 7. The molecule has 8 aromatic rings. The van der Waals surface area contributed by atoms with E-state index in [9.17, 15) is 5.16 Å². The molecule has 0 fully saturated rings. The Morgan fingerprint density at radius 1 is 0.405 bits per heavy atom. The number of hydrogen-bond donors (Lipinski definition) is 1. The summed E-state index contributed by atoms with van der Waals surface area (Å²) in [6, 6.07) is 55.3. The van der Waals surface area contributed by atoms with Crippen LogP contribution in [-0.4, -0.2) is 4.98 Å². The summed E-state index contributed by atoms with van der Waals surface area (Å²) in [6.45, 7) is 0. The van der Waals surface area contributed by atoms with Gasteiger partial charge in [-0.1, -0.05) is 152 Å². The molecule has 0 bridgehead atoms. The summed E-state index contributed by atoms with van der Waals surface area (Å²) in [5, 5.41) is 20.2. The molecule has 0 unspecified atom stereocenters. The molecular formula is C39H27N2P. The van der Waals surface area contributed by atoms with Gasteiger partial charge in [0.2, 0.25) is 0 Å². The SMILES string of the molecule is N=P(c1ccccc1)(c1ccccc1)c1cccc(-c2c3ccc4ccccc4c3nc3c2ccc2ccccc23)c1. The van der Waals surface area contributed by atoms with Gasteiger partial charge in [0.05, 0.1) is 18.1 Å². The third-order valence-corrected chi connectivity index (χ3v) is 11.6. The minimum Gasteiger partial charge on any atom is -0.305 e. The number of pyridine rings is 1. The van der Waals surface area contributed by atoms with E-state index in [1.165, 1.54) is 16.3 Å². The maximum atomic E-state index is 10.1. The zero-order chi connectivity index (χ0) is 28.1. The molecule has 1 N–H and O–H groups in total. The van der Waals surface area contributed by atoms with Gasteiger partial charge in [0, 0.05) is 32.4 Å². The lowest BCUT2D eigenvalue weighted by molar-refractivity contribution is 1.53. The second kappa shape index (κ2) is 9.80. The summed E-state index contributed by atoms with van der Waals surface area (Å²) < 4.78 is 0. The minimum atomic E-state index is -2.64. The Morgan fingerprint density at radius 3 is 1.43 bits per heavy atom. The van der Waals surface area contributed by atoms with E-state index in [0.29, 0.717) is 0 Å². The summed E-state index contributed by atoms with van der Waals surface area (Å²) >= 11 is 0. The molecule has 0 atom stereocenters. The van der Waals surface area contributed by atoms with Crippen LogP contribution >= 0.6 is 7.05 Å². The number of hydrogen-bond acceptors (Lipinski definition) is 2. The average molecular weight is 555 g/mol. The fourth-order valence-corrected chi connectivity index (χ4v) is 9.12. The highest BCUT2D eigenvalue weighted by atomic mass is 31.2. The van der Waals surface area contributed by atoms with E-state index in [1.54, 1.807) is 0 Å². The van der Waals surface area contributed by atoms with Crippen molar-refractivity contribution in [3.05, 3.63) is 158 Å². The van der Waals surface area contributed by atoms with Gasteiger partial charge in [-0.15, -0.1) is 0 Å². The number of fused-ring (bicyclic) bond motifs is 6. The van der Waals surface area contributed by atoms with Crippen molar-refractivity contribution in [1.82, 2.24) is 4.98 Å². The minimum absolute atomic E-state index is 1.01. The van der Waals surface area contributed by atoms with E-state index < -0.39 is 7.05 Å². The van der Waals surface area contributed by atoms with Gasteiger partial charge >= 0.3 is 0 Å². The fraction of sp³-hybridized carbons (Fsp3) is 0. The molecule has 8 rings (SSSR count). The Bertz CT molecular complexity index is 2190. The molecule has 7 aromatic carbocycles. The lowest BCUT2D eigenvalue weighted by Gasteiger charge is -2.25. The van der Waals surface area contributed by atoms with Crippen molar-refractivity contribution in [1.29, 1.82) is 5.16 Å². The van der Waals surface area contributed by atoms with Crippen LogP contribution in [0.15, 0.2) is 158 Å². The van der Waals surface area contributed by atoms with Crippen LogP contribution in [0, 0.1) is 5.16 Å². The van der Waals surface area contributed by atoms with Crippen LogP contribution in [0.4, 0.5) is 0 Å². The number of rotatable bonds is 4. The van der Waals surface area contributed by atoms with E-state index in [0.717, 1.165) is 54.1 Å². The highest BCUT2D eigenvalue weighted by molar-refractivity contribution is 7.86. The Kier molecular flexibility index (Phi) is 5.77. The molecule has 2 nitrogen and oxygen atoms in total. The molecule has 0 saturated heterocycles. The van der Waals surface area contributed by atoms with Gasteiger partial charge in [-0.2, -0.15) is 0 Å². The van der Waals surface area contributed by atoms with Crippen molar-refractivity contribution in [2.75, 3.05) is 0 Å². The van der Waals surface area contributed by atoms with Crippen LogP contribution in [0.25, 0.3) is 54.5 Å². The molecule has 0 radical (unpaired) electrons. The molecule has 0 aliphatic heterocycles. The van der Waals surface area contributed by atoms with Crippen molar-refractivity contribution in [2.45, 2.75) is 0 Å². The molecule has 42 heavy (non-hydrogen) atoms. The average Bonchev–Trinajstić information content (AvgIpc) is 3.07. The standard InChI is InChI=1S/C39H27N2P/c40-42(30-15-3-1-4-16-30,31-17-5-2-6-18-31)32-19-11-14-29(26-32)37-35-24-22-27-12-7-9-20-33(27)38(35)41-39-34-21-10-8-13-28(34)23-25-36(37)39/h1-26,40H. The van der Waals surface area contributed by atoms with Crippen molar-refractivity contribution in [2.24, 2.45) is 0 Å². The Hall–Kier alpha value is -5.04. The largest absolute Gasteiger partial charge is 0.305 e. The summed E-state index contributed by atoms with van der Waals surface area (Å²) in [4.78, 5) is 5.36. The van der Waals surface area contributed by atoms with Crippen molar-refractivity contribution >= 4 is 66.3 Å². The second-order valence-electron chi connectivity index (χ2n) is 10.7. The first-order chi connectivity index (χ1) is 20.7. The highest BCUT2D eigenvalue weighted by Crippen LogP contribution is 2.45. The molecule has 1 aromatic heterocycles. The monoisotopic (exact) mass is 554 g/mol. The molecule has 0 aliphatic carbocycles. The number of nitrogens with one attached hydrogen (secondary N) is 1. The Balaban J connectivity index is 1.48. The fourth-order valence-electron chi connectivity index (χ4n) is 6.34. The maximum absolute atomic E-state index is 10.1. The summed E-state index contributed by atoms with van der Waals surface area (Å²) in [5.41, 5.74) is 4.30. The molecule has 3 heteroatoms. The molecule has 0 saturated carbocycles. The van der Waals surface area contributed by atoms with Crippen LogP contribution in [-0.2, 0) is 0 Å². The lowest BCUT2D eigenvalue weighted by atomic mass is 9.92. The predicted molar refractivity (Wildman–Crippen MR) is 181 cm³/mol. The van der Waals surface area contributed by atoms with Gasteiger partial charge < -0.3 is 5.16 Å². The van der Waals surface area contributed by atoms with Crippen LogP contribution in [0.2, 0.25) is 0 Å². The zero-order valence-corrected chi connectivity index (χ0v) is 23.8. The van der Waals surface area contributed by atoms with Crippen molar-refractivity contribution in [3.63, 3.8) is 0 Å². The second-order valence-corrected chi connectivity index (χ2v) is 13.6. The summed E-state index contributed by atoms with van der Waals surface area (Å²) in [7, 11) is -2.64. The predicted octanol–water partition coefficient (Wildman–Crippen LogP) is 9.42. The van der Waals surface area contributed by atoms with Gasteiger partial charge in [-0.25, -0.2) is 4.98 Å². The van der Waals surface area contributed by atoms with Gasteiger partial charge in [0.25, 0.3) is 0 Å². The van der Waals surface area contributed by atoms with E-state index >= 15 is 0 Å². The number of nitrogens with zero attached hydrogens (tertiary/aromatic N) is 1. The van der Waals surface area contributed by atoms with E-state index in [1.807, 2.05) is 36.4 Å². The quantitative estimate of drug-likeness (QED) is 0.131. The first-order valence-electron chi connectivity index (χ1n) is 14.2. The first kappa shape index (κ1) is 24.7. The third-order valence-electron chi connectivity index (χ3n) is 8.37. The third kappa shape index (κ3) is 3.80. The molecular weight excluding hydrogens is 527 g/mol. The summed E-state index contributed by atoms with van der Waals surface area (Å²) in [5.74, 6) is 0. The van der Waals surface area contributed by atoms with Crippen LogP contribution in [0.1, 0.15) is 0 Å². The van der Waals surface area contributed by atoms with Gasteiger partial charge in [-0.05, 0) is 33.0 Å². The molecule has 1 heterocycles. The normalized spacial score (nSPS) is 11.9. The smallest absolute Gasteiger partial charge is 0.0794 e. The van der Waals surface area contributed by atoms with Crippen molar-refractivity contribution < 1.29 is 0 Å². The first-order valence-corrected chi connectivity index (χ1v) is 16.0. The van der Waals surface area contributed by atoms with E-state index in [4.69, 9.17) is 4.98 Å². The van der Waals surface area contributed by atoms with Crippen LogP contribution < -0.4 is 15.9 Å². The zero-order valence-electron chi connectivity index (χ0n) is 22.9. The van der Waals surface area contributed by atoms with E-state index in [-0.39, 0.29) is 0 Å². The van der Waals surface area contributed by atoms with Gasteiger partial charge in [0.1, 0.15) is 0 Å². The molecule has 0 spiro atoms. The molecule has 198 valence electrons. The number of aromatic nitrogens is 1. The van der Waals surface area contributed by atoms with Crippen molar-refractivity contribution in [3.8, 4) is 11.1 Å². The Labute approximate surface area is 244 Å². The lowest BCUT2D eigenvalue weighted by Crippen LogP contribution is -2.24. The maximum Gasteiger partial charge on any atom is 0.0794 e. The van der Waals surface area contributed by atoms with E-state index in [2.05, 4.69) is 121 Å².